The fraction of sp³-hybridized carbons (Fsp3) is 0.500. The monoisotopic (exact) mass is 233 g/mol. The Kier molecular flexibility index (Phi) is 4.15. The molecule has 0 unspecified atom stereocenters. The SMILES string of the molecule is CNCC(=O)c1ccc(OC2CCCC2)cc1. The van der Waals surface area contributed by atoms with Crippen LogP contribution in [0.15, 0.2) is 24.3 Å². The van der Waals surface area contributed by atoms with Crippen LogP contribution in [0.3, 0.4) is 0 Å². The zero-order valence-corrected chi connectivity index (χ0v) is 10.2. The third-order valence-corrected chi connectivity index (χ3v) is 3.12. The van der Waals surface area contributed by atoms with E-state index in [9.17, 15) is 4.79 Å². The number of rotatable bonds is 5. The largest absolute Gasteiger partial charge is 0.490 e. The van der Waals surface area contributed by atoms with Crippen LogP contribution in [0.5, 0.6) is 5.75 Å². The predicted molar refractivity (Wildman–Crippen MR) is 67.6 cm³/mol. The fourth-order valence-corrected chi connectivity index (χ4v) is 2.18. The van der Waals surface area contributed by atoms with E-state index in [0.717, 1.165) is 24.2 Å². The van der Waals surface area contributed by atoms with Crippen molar-refractivity contribution in [2.24, 2.45) is 0 Å². The number of ether oxygens (including phenoxy) is 1. The van der Waals surface area contributed by atoms with Crippen molar-refractivity contribution in [2.45, 2.75) is 31.8 Å². The van der Waals surface area contributed by atoms with Gasteiger partial charge in [0.1, 0.15) is 5.75 Å². The van der Waals surface area contributed by atoms with Crippen LogP contribution in [0, 0.1) is 0 Å². The topological polar surface area (TPSA) is 38.3 Å². The van der Waals surface area contributed by atoms with E-state index in [2.05, 4.69) is 5.32 Å². The van der Waals surface area contributed by atoms with Gasteiger partial charge in [0, 0.05) is 5.56 Å². The molecule has 0 atom stereocenters. The van der Waals surface area contributed by atoms with Crippen molar-refractivity contribution >= 4 is 5.78 Å². The molecule has 92 valence electrons. The highest BCUT2D eigenvalue weighted by molar-refractivity contribution is 5.97. The minimum Gasteiger partial charge on any atom is -0.490 e. The van der Waals surface area contributed by atoms with Crippen LogP contribution < -0.4 is 10.1 Å². The second-order valence-electron chi connectivity index (χ2n) is 4.50. The maximum atomic E-state index is 11.6. The van der Waals surface area contributed by atoms with Gasteiger partial charge in [0.2, 0.25) is 0 Å². The number of nitrogens with one attached hydrogen (secondary N) is 1. The molecule has 0 spiro atoms. The van der Waals surface area contributed by atoms with Gasteiger partial charge in [-0.1, -0.05) is 0 Å². The first-order valence-electron chi connectivity index (χ1n) is 6.24. The van der Waals surface area contributed by atoms with E-state index in [0.29, 0.717) is 12.6 Å². The highest BCUT2D eigenvalue weighted by Gasteiger charge is 2.16. The van der Waals surface area contributed by atoms with Crippen LogP contribution in [0.1, 0.15) is 36.0 Å². The molecule has 3 heteroatoms. The van der Waals surface area contributed by atoms with Crippen molar-refractivity contribution in [3.8, 4) is 5.75 Å². The Labute approximate surface area is 102 Å². The molecule has 1 aliphatic carbocycles. The van der Waals surface area contributed by atoms with Crippen LogP contribution in [-0.4, -0.2) is 25.5 Å². The Balaban J connectivity index is 1.94. The first-order chi connectivity index (χ1) is 8.29. The molecule has 1 aromatic rings. The molecule has 2 rings (SSSR count). The minimum absolute atomic E-state index is 0.111. The van der Waals surface area contributed by atoms with Gasteiger partial charge in [0.15, 0.2) is 5.78 Å². The maximum absolute atomic E-state index is 11.6. The van der Waals surface area contributed by atoms with Gasteiger partial charge in [0.05, 0.1) is 12.6 Å². The molecule has 1 N–H and O–H groups in total. The minimum atomic E-state index is 0.111. The lowest BCUT2D eigenvalue weighted by Crippen LogP contribution is -2.18. The molecule has 1 aromatic carbocycles. The molecule has 1 aliphatic rings. The maximum Gasteiger partial charge on any atom is 0.176 e. The molecular formula is C14H19NO2. The van der Waals surface area contributed by atoms with Crippen LogP contribution in [-0.2, 0) is 0 Å². The summed E-state index contributed by atoms with van der Waals surface area (Å²) in [6.45, 7) is 0.378. The van der Waals surface area contributed by atoms with Crippen molar-refractivity contribution in [2.75, 3.05) is 13.6 Å². The number of carbonyl (C=O) groups is 1. The van der Waals surface area contributed by atoms with Crippen LogP contribution in [0.4, 0.5) is 0 Å². The van der Waals surface area contributed by atoms with Crippen molar-refractivity contribution < 1.29 is 9.53 Å². The molecule has 3 nitrogen and oxygen atoms in total. The molecule has 0 heterocycles. The molecule has 1 saturated carbocycles. The molecule has 0 radical (unpaired) electrons. The number of Topliss-reactive ketones (excluding diaryl/α,β-unsaturated/α-hetero) is 1. The van der Waals surface area contributed by atoms with Crippen LogP contribution in [0.25, 0.3) is 0 Å². The normalized spacial score (nSPS) is 16.1. The summed E-state index contributed by atoms with van der Waals surface area (Å²) in [5.74, 6) is 0.984. The van der Waals surface area contributed by atoms with Crippen molar-refractivity contribution in [3.05, 3.63) is 29.8 Å². The number of hydrogen-bond acceptors (Lipinski definition) is 3. The zero-order valence-electron chi connectivity index (χ0n) is 10.2. The third kappa shape index (κ3) is 3.30. The lowest BCUT2D eigenvalue weighted by Gasteiger charge is -2.13. The first kappa shape index (κ1) is 12.1. The lowest BCUT2D eigenvalue weighted by molar-refractivity contribution is 0.0993. The van der Waals surface area contributed by atoms with Gasteiger partial charge >= 0.3 is 0 Å². The molecule has 17 heavy (non-hydrogen) atoms. The Hall–Kier alpha value is -1.35. The van der Waals surface area contributed by atoms with E-state index in [-0.39, 0.29) is 5.78 Å². The Bertz CT molecular complexity index is 366. The summed E-state index contributed by atoms with van der Waals surface area (Å²) < 4.78 is 5.84. The Morgan fingerprint density at radius 3 is 2.53 bits per heavy atom. The predicted octanol–water partition coefficient (Wildman–Crippen LogP) is 2.41. The molecule has 1 fully saturated rings. The van der Waals surface area contributed by atoms with Crippen molar-refractivity contribution in [3.63, 3.8) is 0 Å². The second kappa shape index (κ2) is 5.82. The van der Waals surface area contributed by atoms with Gasteiger partial charge in [-0.15, -0.1) is 0 Å². The van der Waals surface area contributed by atoms with Crippen LogP contribution >= 0.6 is 0 Å². The average Bonchev–Trinajstić information content (AvgIpc) is 2.83. The van der Waals surface area contributed by atoms with E-state index in [1.54, 1.807) is 7.05 Å². The summed E-state index contributed by atoms with van der Waals surface area (Å²) in [4.78, 5) is 11.6. The van der Waals surface area contributed by atoms with E-state index >= 15 is 0 Å². The van der Waals surface area contributed by atoms with Crippen molar-refractivity contribution in [1.29, 1.82) is 0 Å². The van der Waals surface area contributed by atoms with Gasteiger partial charge < -0.3 is 10.1 Å². The van der Waals surface area contributed by atoms with Gasteiger partial charge in [-0.3, -0.25) is 4.79 Å². The highest BCUT2D eigenvalue weighted by atomic mass is 16.5. The number of likely N-dealkylation sites (N-methyl/N-ethyl adjacent to an activating group) is 1. The fourth-order valence-electron chi connectivity index (χ4n) is 2.18. The number of hydrogen-bond donors (Lipinski definition) is 1. The lowest BCUT2D eigenvalue weighted by atomic mass is 10.1. The first-order valence-corrected chi connectivity index (χ1v) is 6.24. The summed E-state index contributed by atoms with van der Waals surface area (Å²) in [5.41, 5.74) is 0.734. The summed E-state index contributed by atoms with van der Waals surface area (Å²) >= 11 is 0. The summed E-state index contributed by atoms with van der Waals surface area (Å²) in [6.07, 6.45) is 5.21. The molecular weight excluding hydrogens is 214 g/mol. The average molecular weight is 233 g/mol. The quantitative estimate of drug-likeness (QED) is 0.794. The zero-order chi connectivity index (χ0) is 12.1. The van der Waals surface area contributed by atoms with Crippen molar-refractivity contribution in [1.82, 2.24) is 5.32 Å². The van der Waals surface area contributed by atoms with Gasteiger partial charge in [-0.25, -0.2) is 0 Å². The smallest absolute Gasteiger partial charge is 0.176 e. The molecule has 0 aliphatic heterocycles. The molecule has 0 saturated heterocycles. The number of ketones is 1. The number of carbonyl (C=O) groups excluding carboxylic acids is 1. The standard InChI is InChI=1S/C14H19NO2/c1-15-10-14(16)11-6-8-13(9-7-11)17-12-4-2-3-5-12/h6-9,12,15H,2-5,10H2,1H3. The van der Waals surface area contributed by atoms with E-state index < -0.39 is 0 Å². The third-order valence-electron chi connectivity index (χ3n) is 3.12. The summed E-state index contributed by atoms with van der Waals surface area (Å²) in [5, 5.41) is 2.86. The Morgan fingerprint density at radius 2 is 1.94 bits per heavy atom. The highest BCUT2D eigenvalue weighted by Crippen LogP contribution is 2.24. The van der Waals surface area contributed by atoms with Crippen LogP contribution in [0.2, 0.25) is 0 Å². The molecule has 0 aromatic heterocycles. The van der Waals surface area contributed by atoms with E-state index in [1.165, 1.54) is 12.8 Å². The van der Waals surface area contributed by atoms with Gasteiger partial charge in [-0.2, -0.15) is 0 Å². The summed E-state index contributed by atoms with van der Waals surface area (Å²) in [7, 11) is 1.77. The van der Waals surface area contributed by atoms with Gasteiger partial charge in [-0.05, 0) is 57.0 Å². The summed E-state index contributed by atoms with van der Waals surface area (Å²) in [6, 6.07) is 7.45. The second-order valence-corrected chi connectivity index (χ2v) is 4.50. The molecule has 0 bridgehead atoms. The van der Waals surface area contributed by atoms with E-state index in [1.807, 2.05) is 24.3 Å². The molecule has 0 amide bonds. The number of benzene rings is 1. The Morgan fingerprint density at radius 1 is 1.29 bits per heavy atom. The van der Waals surface area contributed by atoms with Gasteiger partial charge in [0.25, 0.3) is 0 Å². The van der Waals surface area contributed by atoms with E-state index in [4.69, 9.17) is 4.74 Å².